The van der Waals surface area contributed by atoms with Crippen molar-refractivity contribution in [1.82, 2.24) is 4.90 Å². The fourth-order valence-corrected chi connectivity index (χ4v) is 3.64. The Balaban J connectivity index is 1.70. The molecule has 2 aromatic rings. The summed E-state index contributed by atoms with van der Waals surface area (Å²) in [4.78, 5) is 25.7. The van der Waals surface area contributed by atoms with Crippen LogP contribution in [0.25, 0.3) is 0 Å². The standard InChI is InChI=1S/C17H14F2N2O2S/c18-12-6-4-11(5-7-12)17-21(16(23)10-24-17)9-15(22)20-14-3-1-2-13(19)8-14/h1-8,17H,9-10H2,(H,20,22). The molecule has 1 saturated heterocycles. The number of anilines is 1. The number of amides is 2. The third-order valence-electron chi connectivity index (χ3n) is 3.55. The Morgan fingerprint density at radius 3 is 2.62 bits per heavy atom. The van der Waals surface area contributed by atoms with Crippen LogP contribution in [0.3, 0.4) is 0 Å². The molecule has 0 aliphatic carbocycles. The van der Waals surface area contributed by atoms with Gasteiger partial charge in [0.05, 0.1) is 5.75 Å². The average Bonchev–Trinajstić information content (AvgIpc) is 2.89. The van der Waals surface area contributed by atoms with Gasteiger partial charge in [-0.1, -0.05) is 18.2 Å². The van der Waals surface area contributed by atoms with Crippen molar-refractivity contribution in [2.45, 2.75) is 5.37 Å². The molecule has 124 valence electrons. The molecule has 1 heterocycles. The van der Waals surface area contributed by atoms with E-state index in [9.17, 15) is 18.4 Å². The molecule has 0 spiro atoms. The van der Waals surface area contributed by atoms with Gasteiger partial charge in [0.2, 0.25) is 11.8 Å². The molecule has 1 aliphatic rings. The predicted molar refractivity (Wildman–Crippen MR) is 88.3 cm³/mol. The van der Waals surface area contributed by atoms with Crippen LogP contribution in [-0.2, 0) is 9.59 Å². The lowest BCUT2D eigenvalue weighted by atomic mass is 10.2. The van der Waals surface area contributed by atoms with Crippen molar-refractivity contribution in [2.75, 3.05) is 17.6 Å². The minimum atomic E-state index is -0.454. The lowest BCUT2D eigenvalue weighted by Gasteiger charge is -2.23. The highest BCUT2D eigenvalue weighted by molar-refractivity contribution is 8.00. The summed E-state index contributed by atoms with van der Waals surface area (Å²) in [5.74, 6) is -1.13. The summed E-state index contributed by atoms with van der Waals surface area (Å²) in [6.07, 6.45) is 0. The van der Waals surface area contributed by atoms with Gasteiger partial charge in [0.15, 0.2) is 0 Å². The molecule has 1 atom stereocenters. The molecule has 3 rings (SSSR count). The van der Waals surface area contributed by atoms with Gasteiger partial charge in [-0.15, -0.1) is 11.8 Å². The lowest BCUT2D eigenvalue weighted by Crippen LogP contribution is -2.36. The van der Waals surface area contributed by atoms with E-state index in [2.05, 4.69) is 5.32 Å². The maximum absolute atomic E-state index is 13.2. The largest absolute Gasteiger partial charge is 0.324 e. The van der Waals surface area contributed by atoms with Gasteiger partial charge in [-0.05, 0) is 35.9 Å². The van der Waals surface area contributed by atoms with Crippen molar-refractivity contribution in [3.63, 3.8) is 0 Å². The summed E-state index contributed by atoms with van der Waals surface area (Å²) in [6, 6.07) is 11.4. The molecule has 0 radical (unpaired) electrons. The zero-order valence-corrected chi connectivity index (χ0v) is 13.4. The van der Waals surface area contributed by atoms with E-state index in [4.69, 9.17) is 0 Å². The minimum Gasteiger partial charge on any atom is -0.324 e. The summed E-state index contributed by atoms with van der Waals surface area (Å²) in [5.41, 5.74) is 1.09. The Kier molecular flexibility index (Phi) is 4.80. The van der Waals surface area contributed by atoms with Gasteiger partial charge in [0, 0.05) is 5.69 Å². The van der Waals surface area contributed by atoms with Crippen molar-refractivity contribution in [3.8, 4) is 0 Å². The average molecular weight is 348 g/mol. The summed E-state index contributed by atoms with van der Waals surface area (Å²) in [6.45, 7) is -0.148. The van der Waals surface area contributed by atoms with Crippen LogP contribution < -0.4 is 5.32 Å². The van der Waals surface area contributed by atoms with Gasteiger partial charge in [0.1, 0.15) is 23.6 Å². The molecule has 7 heteroatoms. The molecule has 1 aliphatic heterocycles. The van der Waals surface area contributed by atoms with Crippen molar-refractivity contribution < 1.29 is 18.4 Å². The molecule has 1 unspecified atom stereocenters. The van der Waals surface area contributed by atoms with Crippen LogP contribution in [0.5, 0.6) is 0 Å². The van der Waals surface area contributed by atoms with Crippen LogP contribution in [0.15, 0.2) is 48.5 Å². The Hall–Kier alpha value is -2.41. The molecule has 0 bridgehead atoms. The first-order valence-electron chi connectivity index (χ1n) is 7.25. The Bertz CT molecular complexity index is 767. The summed E-state index contributed by atoms with van der Waals surface area (Å²) >= 11 is 1.38. The summed E-state index contributed by atoms with van der Waals surface area (Å²) in [5, 5.41) is 2.23. The second-order valence-electron chi connectivity index (χ2n) is 5.30. The van der Waals surface area contributed by atoms with Gasteiger partial charge in [-0.3, -0.25) is 9.59 Å². The number of nitrogens with one attached hydrogen (secondary N) is 1. The number of carbonyl (C=O) groups is 2. The van der Waals surface area contributed by atoms with E-state index in [0.717, 1.165) is 5.56 Å². The number of carbonyl (C=O) groups excluding carboxylic acids is 2. The Labute approximate surface area is 141 Å². The molecule has 24 heavy (non-hydrogen) atoms. The SMILES string of the molecule is O=C(CN1C(=O)CSC1c1ccc(F)cc1)Nc1cccc(F)c1. The van der Waals surface area contributed by atoms with E-state index in [1.807, 2.05) is 0 Å². The number of hydrogen-bond acceptors (Lipinski definition) is 3. The lowest BCUT2D eigenvalue weighted by molar-refractivity contribution is -0.132. The fraction of sp³-hybridized carbons (Fsp3) is 0.176. The quantitative estimate of drug-likeness (QED) is 0.923. The maximum atomic E-state index is 13.2. The van der Waals surface area contributed by atoms with E-state index >= 15 is 0 Å². The minimum absolute atomic E-state index is 0.148. The Morgan fingerprint density at radius 1 is 1.17 bits per heavy atom. The van der Waals surface area contributed by atoms with E-state index in [0.29, 0.717) is 5.69 Å². The molecule has 0 saturated carbocycles. The monoisotopic (exact) mass is 348 g/mol. The van der Waals surface area contributed by atoms with Crippen LogP contribution in [0.2, 0.25) is 0 Å². The molecule has 2 amide bonds. The maximum Gasteiger partial charge on any atom is 0.244 e. The van der Waals surface area contributed by atoms with Crippen molar-refractivity contribution in [2.24, 2.45) is 0 Å². The number of thioether (sulfide) groups is 1. The van der Waals surface area contributed by atoms with Crippen molar-refractivity contribution in [3.05, 3.63) is 65.7 Å². The number of benzene rings is 2. The zero-order chi connectivity index (χ0) is 17.1. The first-order chi connectivity index (χ1) is 11.5. The molecular weight excluding hydrogens is 334 g/mol. The van der Waals surface area contributed by atoms with Gasteiger partial charge in [-0.25, -0.2) is 8.78 Å². The molecule has 4 nitrogen and oxygen atoms in total. The van der Waals surface area contributed by atoms with Crippen LogP contribution in [0.1, 0.15) is 10.9 Å². The normalized spacial score (nSPS) is 17.2. The van der Waals surface area contributed by atoms with Crippen LogP contribution in [-0.4, -0.2) is 29.0 Å². The van der Waals surface area contributed by atoms with E-state index in [-0.39, 0.29) is 29.4 Å². The fourth-order valence-electron chi connectivity index (χ4n) is 2.45. The Morgan fingerprint density at radius 2 is 1.92 bits per heavy atom. The zero-order valence-electron chi connectivity index (χ0n) is 12.5. The molecule has 1 fully saturated rings. The number of nitrogens with zero attached hydrogens (tertiary/aromatic N) is 1. The molecular formula is C17H14F2N2O2S. The van der Waals surface area contributed by atoms with Gasteiger partial charge < -0.3 is 10.2 Å². The highest BCUT2D eigenvalue weighted by Gasteiger charge is 2.34. The van der Waals surface area contributed by atoms with E-state index in [1.165, 1.54) is 47.0 Å². The van der Waals surface area contributed by atoms with Gasteiger partial charge in [-0.2, -0.15) is 0 Å². The smallest absolute Gasteiger partial charge is 0.244 e. The molecule has 1 N–H and O–H groups in total. The summed E-state index contributed by atoms with van der Waals surface area (Å²) in [7, 11) is 0. The topological polar surface area (TPSA) is 49.4 Å². The second kappa shape index (κ2) is 7.00. The highest BCUT2D eigenvalue weighted by atomic mass is 32.2. The first kappa shape index (κ1) is 16.4. The number of hydrogen-bond donors (Lipinski definition) is 1. The third kappa shape index (κ3) is 3.73. The summed E-state index contributed by atoms with van der Waals surface area (Å²) < 4.78 is 26.2. The van der Waals surface area contributed by atoms with E-state index < -0.39 is 11.7 Å². The van der Waals surface area contributed by atoms with Gasteiger partial charge in [0.25, 0.3) is 0 Å². The predicted octanol–water partition coefficient (Wildman–Crippen LogP) is 3.18. The van der Waals surface area contributed by atoms with Crippen molar-refractivity contribution >= 4 is 29.3 Å². The first-order valence-corrected chi connectivity index (χ1v) is 8.30. The third-order valence-corrected chi connectivity index (χ3v) is 4.80. The highest BCUT2D eigenvalue weighted by Crippen LogP contribution is 2.38. The van der Waals surface area contributed by atoms with E-state index in [1.54, 1.807) is 18.2 Å². The number of halogens is 2. The van der Waals surface area contributed by atoms with Crippen LogP contribution in [0, 0.1) is 11.6 Å². The van der Waals surface area contributed by atoms with Gasteiger partial charge >= 0.3 is 0 Å². The van der Waals surface area contributed by atoms with Crippen molar-refractivity contribution in [1.29, 1.82) is 0 Å². The van der Waals surface area contributed by atoms with Crippen LogP contribution >= 0.6 is 11.8 Å². The van der Waals surface area contributed by atoms with Crippen LogP contribution in [0.4, 0.5) is 14.5 Å². The molecule has 0 aromatic heterocycles. The molecule has 2 aromatic carbocycles. The second-order valence-corrected chi connectivity index (χ2v) is 6.36. The number of rotatable bonds is 4.